The van der Waals surface area contributed by atoms with E-state index in [2.05, 4.69) is 6.92 Å². The lowest BCUT2D eigenvalue weighted by Gasteiger charge is -2.07. The Kier molecular flexibility index (Phi) is 16.9. The molecule has 2 nitrogen and oxygen atoms in total. The van der Waals surface area contributed by atoms with Gasteiger partial charge in [0.1, 0.15) is 0 Å². The molecule has 1 N–H and O–H groups in total. The summed E-state index contributed by atoms with van der Waals surface area (Å²) < 4.78 is 0. The van der Waals surface area contributed by atoms with E-state index in [4.69, 9.17) is 0 Å². The van der Waals surface area contributed by atoms with Crippen LogP contribution in [0.25, 0.3) is 0 Å². The summed E-state index contributed by atoms with van der Waals surface area (Å²) in [4.78, 5) is 0. The van der Waals surface area contributed by atoms with E-state index < -0.39 is 0 Å². The van der Waals surface area contributed by atoms with E-state index in [0.29, 0.717) is 6.42 Å². The fraction of sp³-hybridized carbons (Fsp3) is 1.00. The van der Waals surface area contributed by atoms with Crippen molar-refractivity contribution in [2.45, 2.75) is 109 Å². The molecule has 1 unspecified atom stereocenters. The standard InChI is InChI=1S/C18H37O2/c1-2-3-4-5-6-7-8-9-10-11-12-13-14-15-18(20)16-17-19/h18,20H,2-17H2,1H3. The minimum atomic E-state index is -0.347. The van der Waals surface area contributed by atoms with Gasteiger partial charge in [-0.2, -0.15) is 0 Å². The van der Waals surface area contributed by atoms with Crippen molar-refractivity contribution >= 4 is 0 Å². The fourth-order valence-corrected chi connectivity index (χ4v) is 2.68. The highest BCUT2D eigenvalue weighted by molar-refractivity contribution is 4.55. The molecule has 0 aliphatic rings. The van der Waals surface area contributed by atoms with Gasteiger partial charge in [0, 0.05) is 0 Å². The Morgan fingerprint density at radius 1 is 0.650 bits per heavy atom. The summed E-state index contributed by atoms with van der Waals surface area (Å²) >= 11 is 0. The van der Waals surface area contributed by atoms with E-state index in [0.717, 1.165) is 12.8 Å². The number of unbranched alkanes of at least 4 members (excludes halogenated alkanes) is 12. The first-order valence-corrected chi connectivity index (χ1v) is 9.07. The van der Waals surface area contributed by atoms with Crippen LogP contribution in [0.15, 0.2) is 0 Å². The Morgan fingerprint density at radius 3 is 1.45 bits per heavy atom. The fourth-order valence-electron chi connectivity index (χ4n) is 2.68. The van der Waals surface area contributed by atoms with Gasteiger partial charge in [0.15, 0.2) is 0 Å². The van der Waals surface area contributed by atoms with E-state index in [1.807, 2.05) is 0 Å². The number of aliphatic hydroxyl groups excluding tert-OH is 1. The van der Waals surface area contributed by atoms with Gasteiger partial charge in [0.2, 0.25) is 0 Å². The SMILES string of the molecule is CCCCCCCCCCCCCCCC(O)CC[O]. The van der Waals surface area contributed by atoms with Crippen molar-refractivity contribution < 1.29 is 10.2 Å². The molecule has 0 aromatic rings. The van der Waals surface area contributed by atoms with Crippen LogP contribution in [-0.2, 0) is 5.11 Å². The first kappa shape index (κ1) is 19.9. The van der Waals surface area contributed by atoms with E-state index in [1.54, 1.807) is 0 Å². The molecule has 0 heterocycles. The van der Waals surface area contributed by atoms with Crippen molar-refractivity contribution in [1.29, 1.82) is 0 Å². The largest absolute Gasteiger partial charge is 0.393 e. The molecule has 0 rings (SSSR count). The summed E-state index contributed by atoms with van der Waals surface area (Å²) in [6.07, 6.45) is 18.5. The summed E-state index contributed by atoms with van der Waals surface area (Å²) in [5, 5.41) is 19.7. The molecule has 121 valence electrons. The number of hydrogen-bond acceptors (Lipinski definition) is 1. The first-order valence-electron chi connectivity index (χ1n) is 9.07. The van der Waals surface area contributed by atoms with Crippen molar-refractivity contribution in [3.63, 3.8) is 0 Å². The summed E-state index contributed by atoms with van der Waals surface area (Å²) in [7, 11) is 0. The first-order chi connectivity index (χ1) is 9.81. The molecule has 1 atom stereocenters. The van der Waals surface area contributed by atoms with Crippen LogP contribution < -0.4 is 0 Å². The molecule has 0 aliphatic heterocycles. The van der Waals surface area contributed by atoms with Crippen molar-refractivity contribution in [2.24, 2.45) is 0 Å². The predicted octanol–water partition coefficient (Wildman–Crippen LogP) is 5.65. The topological polar surface area (TPSA) is 40.1 Å². The third-order valence-corrected chi connectivity index (χ3v) is 4.09. The zero-order valence-corrected chi connectivity index (χ0v) is 13.7. The quantitative estimate of drug-likeness (QED) is 0.366. The minimum absolute atomic E-state index is 0.139. The van der Waals surface area contributed by atoms with Crippen LogP contribution in [0.5, 0.6) is 0 Å². The lowest BCUT2D eigenvalue weighted by Crippen LogP contribution is -2.07. The summed E-state index contributed by atoms with van der Waals surface area (Å²) in [6, 6.07) is 0. The molecule has 2 heteroatoms. The molecule has 0 aromatic carbocycles. The molecule has 0 fully saturated rings. The van der Waals surface area contributed by atoms with Gasteiger partial charge in [-0.15, -0.1) is 0 Å². The van der Waals surface area contributed by atoms with Crippen LogP contribution in [0.3, 0.4) is 0 Å². The van der Waals surface area contributed by atoms with E-state index in [9.17, 15) is 10.2 Å². The van der Waals surface area contributed by atoms with Gasteiger partial charge in [0.05, 0.1) is 12.7 Å². The molecule has 0 spiro atoms. The van der Waals surface area contributed by atoms with E-state index in [-0.39, 0.29) is 12.7 Å². The van der Waals surface area contributed by atoms with Gasteiger partial charge in [-0.05, 0) is 12.8 Å². The van der Waals surface area contributed by atoms with Gasteiger partial charge in [-0.3, -0.25) is 0 Å². The van der Waals surface area contributed by atoms with Gasteiger partial charge < -0.3 is 5.11 Å². The smallest absolute Gasteiger partial charge is 0.0846 e. The lowest BCUT2D eigenvalue weighted by molar-refractivity contribution is 0.0966. The van der Waals surface area contributed by atoms with Crippen molar-refractivity contribution in [3.8, 4) is 0 Å². The average Bonchev–Trinajstić information content (AvgIpc) is 2.44. The molecular formula is C18H37O2. The summed E-state index contributed by atoms with van der Waals surface area (Å²) in [5.41, 5.74) is 0. The van der Waals surface area contributed by atoms with Crippen LogP contribution in [-0.4, -0.2) is 17.8 Å². The number of rotatable bonds is 16. The number of hydrogen-bond donors (Lipinski definition) is 1. The van der Waals surface area contributed by atoms with Gasteiger partial charge in [-0.1, -0.05) is 90.4 Å². The van der Waals surface area contributed by atoms with Crippen LogP contribution in [0.4, 0.5) is 0 Å². The second kappa shape index (κ2) is 17.0. The monoisotopic (exact) mass is 285 g/mol. The Labute approximate surface area is 127 Å². The molecule has 0 bridgehead atoms. The van der Waals surface area contributed by atoms with E-state index in [1.165, 1.54) is 77.0 Å². The van der Waals surface area contributed by atoms with Gasteiger partial charge in [-0.25, -0.2) is 5.11 Å². The van der Waals surface area contributed by atoms with Crippen molar-refractivity contribution in [1.82, 2.24) is 0 Å². The predicted molar refractivity (Wildman–Crippen MR) is 86.5 cm³/mol. The van der Waals surface area contributed by atoms with Crippen molar-refractivity contribution in [3.05, 3.63) is 0 Å². The highest BCUT2D eigenvalue weighted by Crippen LogP contribution is 2.13. The molecule has 20 heavy (non-hydrogen) atoms. The number of aliphatic hydroxyl groups is 1. The second-order valence-corrected chi connectivity index (χ2v) is 6.18. The molecule has 0 aromatic heterocycles. The molecule has 0 amide bonds. The maximum Gasteiger partial charge on any atom is 0.0846 e. The van der Waals surface area contributed by atoms with Gasteiger partial charge in [0.25, 0.3) is 0 Å². The van der Waals surface area contributed by atoms with Crippen LogP contribution >= 0.6 is 0 Å². The maximum atomic E-state index is 10.3. The van der Waals surface area contributed by atoms with Crippen LogP contribution in [0.1, 0.15) is 103 Å². The molecule has 1 radical (unpaired) electrons. The Balaban J connectivity index is 2.99. The second-order valence-electron chi connectivity index (χ2n) is 6.18. The molecular weight excluding hydrogens is 248 g/mol. The minimum Gasteiger partial charge on any atom is -0.393 e. The Hall–Kier alpha value is -0.0800. The van der Waals surface area contributed by atoms with Crippen LogP contribution in [0.2, 0.25) is 0 Å². The highest BCUT2D eigenvalue weighted by Gasteiger charge is 2.02. The van der Waals surface area contributed by atoms with Crippen LogP contribution in [0, 0.1) is 0 Å². The average molecular weight is 285 g/mol. The lowest BCUT2D eigenvalue weighted by atomic mass is 10.0. The molecule has 0 saturated carbocycles. The normalized spacial score (nSPS) is 12.8. The molecule has 0 saturated heterocycles. The zero-order chi connectivity index (χ0) is 14.9. The zero-order valence-electron chi connectivity index (χ0n) is 13.7. The third kappa shape index (κ3) is 16.0. The summed E-state index contributed by atoms with van der Waals surface area (Å²) in [6.45, 7) is 2.13. The van der Waals surface area contributed by atoms with E-state index >= 15 is 0 Å². The van der Waals surface area contributed by atoms with Crippen molar-refractivity contribution in [2.75, 3.05) is 6.61 Å². The molecule has 0 aliphatic carbocycles. The van der Waals surface area contributed by atoms with Gasteiger partial charge >= 0.3 is 0 Å². The summed E-state index contributed by atoms with van der Waals surface area (Å²) in [5.74, 6) is 0. The Morgan fingerprint density at radius 2 is 1.05 bits per heavy atom. The maximum absolute atomic E-state index is 10.3. The highest BCUT2D eigenvalue weighted by atomic mass is 16.3. The third-order valence-electron chi connectivity index (χ3n) is 4.09. The Bertz CT molecular complexity index is 171.